The van der Waals surface area contributed by atoms with Crippen molar-refractivity contribution in [3.63, 3.8) is 0 Å². The van der Waals surface area contributed by atoms with Crippen LogP contribution in [0.15, 0.2) is 24.3 Å². The van der Waals surface area contributed by atoms with Gasteiger partial charge >= 0.3 is 0 Å². The van der Waals surface area contributed by atoms with Crippen molar-refractivity contribution in [1.29, 1.82) is 0 Å². The summed E-state index contributed by atoms with van der Waals surface area (Å²) in [7, 11) is 0. The molecule has 1 aliphatic rings. The minimum absolute atomic E-state index is 0.136. The summed E-state index contributed by atoms with van der Waals surface area (Å²) < 4.78 is 5.55. The lowest BCUT2D eigenvalue weighted by Crippen LogP contribution is -2.34. The number of benzene rings is 1. The van der Waals surface area contributed by atoms with E-state index in [1.54, 1.807) is 0 Å². The van der Waals surface area contributed by atoms with Crippen molar-refractivity contribution in [1.82, 2.24) is 10.2 Å². The molecule has 2 rings (SSSR count). The minimum atomic E-state index is 0.136. The van der Waals surface area contributed by atoms with E-state index in [4.69, 9.17) is 4.74 Å². The lowest BCUT2D eigenvalue weighted by Gasteiger charge is -2.25. The van der Waals surface area contributed by atoms with Gasteiger partial charge in [-0.3, -0.25) is 4.79 Å². The maximum Gasteiger partial charge on any atom is 0.221 e. The van der Waals surface area contributed by atoms with Crippen LogP contribution in [0.4, 0.5) is 0 Å². The molecule has 1 amide bonds. The van der Waals surface area contributed by atoms with Crippen LogP contribution in [0.1, 0.15) is 44.6 Å². The molecule has 4 heteroatoms. The lowest BCUT2D eigenvalue weighted by molar-refractivity contribution is -0.121. The Morgan fingerprint density at radius 2 is 1.91 bits per heavy atom. The van der Waals surface area contributed by atoms with Gasteiger partial charge in [-0.25, -0.2) is 0 Å². The molecule has 1 aliphatic heterocycles. The van der Waals surface area contributed by atoms with E-state index in [0.29, 0.717) is 13.0 Å². The maximum absolute atomic E-state index is 11.9. The van der Waals surface area contributed by atoms with Gasteiger partial charge in [0.1, 0.15) is 5.75 Å². The van der Waals surface area contributed by atoms with Gasteiger partial charge in [-0.05, 0) is 50.0 Å². The van der Waals surface area contributed by atoms with E-state index >= 15 is 0 Å². The smallest absolute Gasteiger partial charge is 0.221 e. The molecular weight excluding hydrogens is 276 g/mol. The molecule has 0 aliphatic carbocycles. The van der Waals surface area contributed by atoms with Crippen LogP contribution in [0, 0.1) is 0 Å². The Labute approximate surface area is 133 Å². The predicted molar refractivity (Wildman–Crippen MR) is 89.0 cm³/mol. The summed E-state index contributed by atoms with van der Waals surface area (Å²) in [5.74, 6) is 1.03. The Morgan fingerprint density at radius 3 is 2.59 bits per heavy atom. The van der Waals surface area contributed by atoms with Crippen molar-refractivity contribution in [3.8, 4) is 5.75 Å². The highest BCUT2D eigenvalue weighted by Crippen LogP contribution is 2.12. The molecule has 122 valence electrons. The first-order valence-corrected chi connectivity index (χ1v) is 8.48. The van der Waals surface area contributed by atoms with Crippen LogP contribution in [-0.4, -0.2) is 37.0 Å². The van der Waals surface area contributed by atoms with Gasteiger partial charge in [-0.1, -0.05) is 25.5 Å². The summed E-state index contributed by atoms with van der Waals surface area (Å²) in [6.07, 6.45) is 5.48. The number of likely N-dealkylation sites (tertiary alicyclic amines) is 1. The summed E-state index contributed by atoms with van der Waals surface area (Å²) in [5.41, 5.74) is 1.11. The first kappa shape index (κ1) is 16.8. The number of hydrogen-bond donors (Lipinski definition) is 1. The molecule has 22 heavy (non-hydrogen) atoms. The van der Waals surface area contributed by atoms with Crippen LogP contribution < -0.4 is 10.1 Å². The highest BCUT2D eigenvalue weighted by molar-refractivity contribution is 5.76. The molecule has 1 N–H and O–H groups in total. The molecule has 1 heterocycles. The summed E-state index contributed by atoms with van der Waals surface area (Å²) in [6, 6.07) is 7.95. The summed E-state index contributed by atoms with van der Waals surface area (Å²) in [5, 5.41) is 2.99. The molecule has 0 radical (unpaired) electrons. The second-order valence-electron chi connectivity index (χ2n) is 5.92. The van der Waals surface area contributed by atoms with Crippen molar-refractivity contribution < 1.29 is 9.53 Å². The zero-order valence-corrected chi connectivity index (χ0v) is 13.6. The van der Waals surface area contributed by atoms with Gasteiger partial charge in [-0.15, -0.1) is 0 Å². The molecule has 1 saturated heterocycles. The number of amides is 1. The van der Waals surface area contributed by atoms with E-state index in [2.05, 4.69) is 17.1 Å². The lowest BCUT2D eigenvalue weighted by atomic mass is 10.1. The molecular formula is C18H28N2O2. The SMILES string of the molecule is CCCOc1ccc(CNC(=O)CCN2CCCCC2)cc1. The number of nitrogens with zero attached hydrogens (tertiary/aromatic N) is 1. The molecule has 1 fully saturated rings. The summed E-state index contributed by atoms with van der Waals surface area (Å²) in [4.78, 5) is 14.3. The largest absolute Gasteiger partial charge is 0.494 e. The Hall–Kier alpha value is -1.55. The Kier molecular flexibility index (Phi) is 7.23. The van der Waals surface area contributed by atoms with E-state index < -0.39 is 0 Å². The van der Waals surface area contributed by atoms with E-state index in [1.165, 1.54) is 19.3 Å². The fourth-order valence-corrected chi connectivity index (χ4v) is 2.66. The van der Waals surface area contributed by atoms with E-state index in [0.717, 1.165) is 44.0 Å². The molecule has 0 aromatic heterocycles. The molecule has 4 nitrogen and oxygen atoms in total. The second-order valence-corrected chi connectivity index (χ2v) is 5.92. The van der Waals surface area contributed by atoms with Crippen molar-refractivity contribution in [2.45, 2.75) is 45.6 Å². The number of ether oxygens (including phenoxy) is 1. The predicted octanol–water partition coefficient (Wildman–Crippen LogP) is 2.97. The maximum atomic E-state index is 11.9. The molecule has 0 bridgehead atoms. The van der Waals surface area contributed by atoms with Crippen LogP contribution >= 0.6 is 0 Å². The van der Waals surface area contributed by atoms with Gasteiger partial charge in [0, 0.05) is 19.5 Å². The number of rotatable bonds is 8. The number of hydrogen-bond acceptors (Lipinski definition) is 3. The fourth-order valence-electron chi connectivity index (χ4n) is 2.66. The zero-order chi connectivity index (χ0) is 15.6. The molecule has 0 unspecified atom stereocenters. The standard InChI is InChI=1S/C18H28N2O2/c1-2-14-22-17-8-6-16(7-9-17)15-19-18(21)10-13-20-11-4-3-5-12-20/h6-9H,2-5,10-15H2,1H3,(H,19,21). The van der Waals surface area contributed by atoms with Gasteiger partial charge < -0.3 is 15.0 Å². The minimum Gasteiger partial charge on any atom is -0.494 e. The third kappa shape index (κ3) is 6.06. The van der Waals surface area contributed by atoms with E-state index in [9.17, 15) is 4.79 Å². The summed E-state index contributed by atoms with van der Waals surface area (Å²) in [6.45, 7) is 6.60. The average molecular weight is 304 g/mol. The van der Waals surface area contributed by atoms with Gasteiger partial charge in [0.25, 0.3) is 0 Å². The molecule has 0 spiro atoms. The number of carbonyl (C=O) groups excluding carboxylic acids is 1. The van der Waals surface area contributed by atoms with Crippen LogP contribution in [0.3, 0.4) is 0 Å². The molecule has 0 atom stereocenters. The van der Waals surface area contributed by atoms with Gasteiger partial charge in [-0.2, -0.15) is 0 Å². The third-order valence-corrected chi connectivity index (χ3v) is 3.99. The summed E-state index contributed by atoms with van der Waals surface area (Å²) >= 11 is 0. The van der Waals surface area contributed by atoms with Gasteiger partial charge in [0.15, 0.2) is 0 Å². The van der Waals surface area contributed by atoms with E-state index in [-0.39, 0.29) is 5.91 Å². The Morgan fingerprint density at radius 1 is 1.18 bits per heavy atom. The highest BCUT2D eigenvalue weighted by Gasteiger charge is 2.11. The zero-order valence-electron chi connectivity index (χ0n) is 13.6. The normalized spacial score (nSPS) is 15.5. The molecule has 0 saturated carbocycles. The van der Waals surface area contributed by atoms with Crippen LogP contribution in [0.5, 0.6) is 5.75 Å². The average Bonchev–Trinajstić information content (AvgIpc) is 2.58. The van der Waals surface area contributed by atoms with Gasteiger partial charge in [0.2, 0.25) is 5.91 Å². The van der Waals surface area contributed by atoms with Gasteiger partial charge in [0.05, 0.1) is 6.61 Å². The first-order valence-electron chi connectivity index (χ1n) is 8.48. The van der Waals surface area contributed by atoms with Crippen molar-refractivity contribution in [3.05, 3.63) is 29.8 Å². The van der Waals surface area contributed by atoms with Crippen LogP contribution in [0.25, 0.3) is 0 Å². The molecule has 1 aromatic rings. The second kappa shape index (κ2) is 9.46. The fraction of sp³-hybridized carbons (Fsp3) is 0.611. The van der Waals surface area contributed by atoms with Crippen molar-refractivity contribution in [2.75, 3.05) is 26.2 Å². The number of piperidine rings is 1. The first-order chi connectivity index (χ1) is 10.8. The van der Waals surface area contributed by atoms with Crippen molar-refractivity contribution >= 4 is 5.91 Å². The quantitative estimate of drug-likeness (QED) is 0.803. The van der Waals surface area contributed by atoms with Crippen LogP contribution in [0.2, 0.25) is 0 Å². The number of carbonyl (C=O) groups is 1. The third-order valence-electron chi connectivity index (χ3n) is 3.99. The van der Waals surface area contributed by atoms with E-state index in [1.807, 2.05) is 24.3 Å². The van der Waals surface area contributed by atoms with Crippen LogP contribution in [-0.2, 0) is 11.3 Å². The molecule has 1 aromatic carbocycles. The highest BCUT2D eigenvalue weighted by atomic mass is 16.5. The number of nitrogens with one attached hydrogen (secondary N) is 1. The van der Waals surface area contributed by atoms with Crippen molar-refractivity contribution in [2.24, 2.45) is 0 Å². The topological polar surface area (TPSA) is 41.6 Å². The monoisotopic (exact) mass is 304 g/mol. The Bertz CT molecular complexity index is 439. The Balaban J connectivity index is 1.64.